The number of hydroxylamine groups is 1. The first kappa shape index (κ1) is 22.4. The van der Waals surface area contributed by atoms with Crippen molar-refractivity contribution in [3.8, 4) is 11.9 Å². The van der Waals surface area contributed by atoms with Gasteiger partial charge in [-0.1, -0.05) is 25.1 Å². The van der Waals surface area contributed by atoms with Crippen LogP contribution >= 0.6 is 15.9 Å². The lowest BCUT2D eigenvalue weighted by atomic mass is 10.0. The van der Waals surface area contributed by atoms with Gasteiger partial charge in [-0.05, 0) is 40.2 Å². The van der Waals surface area contributed by atoms with E-state index in [9.17, 15) is 18.0 Å². The molecule has 0 radical (unpaired) electrons. The second-order valence-corrected chi connectivity index (χ2v) is 7.51. The van der Waals surface area contributed by atoms with Gasteiger partial charge in [-0.2, -0.15) is 18.4 Å². The fraction of sp³-hybridized carbons (Fsp3) is 0.211. The van der Waals surface area contributed by atoms with Crippen LogP contribution in [-0.2, 0) is 4.84 Å². The number of amides is 1. The van der Waals surface area contributed by atoms with E-state index in [2.05, 4.69) is 31.0 Å². The summed E-state index contributed by atoms with van der Waals surface area (Å²) >= 11 is 2.59. The summed E-state index contributed by atoms with van der Waals surface area (Å²) in [5, 5.41) is 12.9. The summed E-state index contributed by atoms with van der Waals surface area (Å²) in [6.45, 7) is 1.20. The van der Waals surface area contributed by atoms with Gasteiger partial charge in [0.05, 0.1) is 11.5 Å². The number of rotatable bonds is 6. The van der Waals surface area contributed by atoms with Gasteiger partial charge >= 0.3 is 6.18 Å². The molecule has 0 aliphatic heterocycles. The minimum atomic E-state index is -4.94. The van der Waals surface area contributed by atoms with Crippen molar-refractivity contribution < 1.29 is 22.8 Å². The van der Waals surface area contributed by atoms with Gasteiger partial charge in [-0.25, -0.2) is 25.0 Å². The summed E-state index contributed by atoms with van der Waals surface area (Å²) in [6, 6.07) is 12.5. The van der Waals surface area contributed by atoms with Gasteiger partial charge in [-0.3, -0.25) is 4.79 Å². The lowest BCUT2D eigenvalue weighted by Gasteiger charge is -2.33. The Hall–Kier alpha value is -3.30. The number of pyridine rings is 1. The molecule has 1 aromatic carbocycles. The fourth-order valence-corrected chi connectivity index (χ4v) is 2.78. The summed E-state index contributed by atoms with van der Waals surface area (Å²) in [5.41, 5.74) is 2.28. The van der Waals surface area contributed by atoms with Gasteiger partial charge in [0.15, 0.2) is 11.6 Å². The number of nitrogens with one attached hydrogen (secondary N) is 1. The minimum absolute atomic E-state index is 0.126. The average Bonchev–Trinajstić information content (AvgIpc) is 3.26. The van der Waals surface area contributed by atoms with Gasteiger partial charge in [-0.15, -0.1) is 5.10 Å². The van der Waals surface area contributed by atoms with Crippen LogP contribution in [0.5, 0.6) is 0 Å². The molecule has 0 saturated heterocycles. The molecule has 2 atom stereocenters. The van der Waals surface area contributed by atoms with Crippen molar-refractivity contribution in [1.82, 2.24) is 25.2 Å². The molecule has 0 fully saturated rings. The predicted molar refractivity (Wildman–Crippen MR) is 105 cm³/mol. The first-order valence-corrected chi connectivity index (χ1v) is 9.52. The molecule has 2 aromatic heterocycles. The van der Waals surface area contributed by atoms with E-state index >= 15 is 0 Å². The summed E-state index contributed by atoms with van der Waals surface area (Å²) in [4.78, 5) is 24.9. The molecule has 3 rings (SSSR count). The van der Waals surface area contributed by atoms with Crippen LogP contribution in [0.1, 0.15) is 34.6 Å². The summed E-state index contributed by atoms with van der Waals surface area (Å²) in [6.07, 6.45) is -2.45. The third-order valence-corrected chi connectivity index (χ3v) is 5.58. The minimum Gasteiger partial charge on any atom is -0.267 e. The molecule has 2 heterocycles. The molecule has 0 bridgehead atoms. The van der Waals surface area contributed by atoms with Crippen LogP contribution in [0.2, 0.25) is 0 Å². The van der Waals surface area contributed by atoms with E-state index in [1.54, 1.807) is 18.2 Å². The Morgan fingerprint density at radius 1 is 1.23 bits per heavy atom. The Bertz CT molecular complexity index is 1100. The van der Waals surface area contributed by atoms with Crippen molar-refractivity contribution in [2.75, 3.05) is 0 Å². The number of alkyl halides is 4. The highest BCUT2D eigenvalue weighted by Crippen LogP contribution is 2.47. The predicted octanol–water partition coefficient (Wildman–Crippen LogP) is 3.65. The molecule has 8 nitrogen and oxygen atoms in total. The Kier molecular flexibility index (Phi) is 6.37. The Labute approximate surface area is 182 Å². The molecule has 1 amide bonds. The van der Waals surface area contributed by atoms with E-state index in [4.69, 9.17) is 10.1 Å². The van der Waals surface area contributed by atoms with Gasteiger partial charge in [0.2, 0.25) is 0 Å². The lowest BCUT2D eigenvalue weighted by molar-refractivity contribution is -0.253. The SMILES string of the molecule is CC(c1ncn(-c2ccc(C#N)cn2)n1)C(Br)(ONC(=O)c1ccccc1)C(F)(F)F. The van der Waals surface area contributed by atoms with Crippen LogP contribution < -0.4 is 5.48 Å². The van der Waals surface area contributed by atoms with Gasteiger partial charge < -0.3 is 0 Å². The zero-order chi connectivity index (χ0) is 22.6. The highest BCUT2D eigenvalue weighted by atomic mass is 79.9. The number of hydrogen-bond donors (Lipinski definition) is 1. The molecule has 12 heteroatoms. The van der Waals surface area contributed by atoms with Crippen LogP contribution in [0.15, 0.2) is 55.0 Å². The Morgan fingerprint density at radius 2 is 1.94 bits per heavy atom. The van der Waals surface area contributed by atoms with Crippen molar-refractivity contribution in [3.05, 3.63) is 71.9 Å². The Morgan fingerprint density at radius 3 is 2.52 bits per heavy atom. The van der Waals surface area contributed by atoms with Crippen molar-refractivity contribution in [2.24, 2.45) is 0 Å². The van der Waals surface area contributed by atoms with E-state index in [-0.39, 0.29) is 17.2 Å². The largest absolute Gasteiger partial charge is 0.430 e. The lowest BCUT2D eigenvalue weighted by Crippen LogP contribution is -2.50. The van der Waals surface area contributed by atoms with Crippen LogP contribution in [0.3, 0.4) is 0 Å². The van der Waals surface area contributed by atoms with E-state index in [0.717, 1.165) is 0 Å². The summed E-state index contributed by atoms with van der Waals surface area (Å²) < 4.78 is 39.8. The molecule has 0 spiro atoms. The van der Waals surface area contributed by atoms with Crippen molar-refractivity contribution in [1.29, 1.82) is 5.26 Å². The molecular formula is C19H14BrF3N6O2. The molecule has 3 aromatic rings. The van der Waals surface area contributed by atoms with E-state index < -0.39 is 22.5 Å². The highest BCUT2D eigenvalue weighted by molar-refractivity contribution is 9.10. The van der Waals surface area contributed by atoms with Crippen molar-refractivity contribution in [2.45, 2.75) is 23.5 Å². The standard InChI is InChI=1S/C19H14BrF3N6O2/c1-12(16-26-11-29(27-16)15-8-7-13(9-24)10-25-15)18(20,19(21,22)23)31-28-17(30)14-5-3-2-4-6-14/h2-8,10-12H,1H3,(H,28,30). The summed E-state index contributed by atoms with van der Waals surface area (Å²) in [7, 11) is 0. The summed E-state index contributed by atoms with van der Waals surface area (Å²) in [5.74, 6) is -2.27. The maximum atomic E-state index is 13.9. The number of nitrogens with zero attached hydrogens (tertiary/aromatic N) is 5. The van der Waals surface area contributed by atoms with Crippen LogP contribution in [0.25, 0.3) is 5.82 Å². The number of benzene rings is 1. The van der Waals surface area contributed by atoms with Gasteiger partial charge in [0.25, 0.3) is 10.4 Å². The zero-order valence-corrected chi connectivity index (χ0v) is 17.4. The number of nitriles is 1. The van der Waals surface area contributed by atoms with Crippen molar-refractivity contribution >= 4 is 21.8 Å². The molecule has 160 valence electrons. The van der Waals surface area contributed by atoms with E-state index in [1.807, 2.05) is 11.5 Å². The van der Waals surface area contributed by atoms with Gasteiger partial charge in [0, 0.05) is 11.8 Å². The molecule has 0 aliphatic carbocycles. The maximum Gasteiger partial charge on any atom is 0.430 e. The normalized spacial score (nSPS) is 14.3. The maximum absolute atomic E-state index is 13.9. The first-order valence-electron chi connectivity index (χ1n) is 8.73. The first-order chi connectivity index (χ1) is 14.7. The molecular weight excluding hydrogens is 481 g/mol. The molecule has 31 heavy (non-hydrogen) atoms. The highest BCUT2D eigenvalue weighted by Gasteiger charge is 2.60. The zero-order valence-electron chi connectivity index (χ0n) is 15.8. The monoisotopic (exact) mass is 494 g/mol. The molecule has 2 unspecified atom stereocenters. The van der Waals surface area contributed by atoms with Crippen LogP contribution in [0.4, 0.5) is 13.2 Å². The number of carbonyl (C=O) groups excluding carboxylic acids is 1. The second kappa shape index (κ2) is 8.83. The quantitative estimate of drug-likeness (QED) is 0.414. The van der Waals surface area contributed by atoms with Crippen LogP contribution in [0, 0.1) is 11.3 Å². The van der Waals surface area contributed by atoms with E-state index in [1.165, 1.54) is 48.4 Å². The van der Waals surface area contributed by atoms with Gasteiger partial charge in [0.1, 0.15) is 12.4 Å². The number of hydrogen-bond acceptors (Lipinski definition) is 6. The fourth-order valence-electron chi connectivity index (χ4n) is 2.50. The van der Waals surface area contributed by atoms with Crippen molar-refractivity contribution in [3.63, 3.8) is 0 Å². The van der Waals surface area contributed by atoms with E-state index in [0.29, 0.717) is 5.56 Å². The average molecular weight is 495 g/mol. The molecule has 1 N–H and O–H groups in total. The smallest absolute Gasteiger partial charge is 0.267 e. The number of carbonyl (C=O) groups is 1. The topological polar surface area (TPSA) is 106 Å². The third-order valence-electron chi connectivity index (χ3n) is 4.28. The second-order valence-electron chi connectivity index (χ2n) is 6.33. The number of aromatic nitrogens is 4. The molecule has 0 saturated carbocycles. The number of halogens is 4. The third kappa shape index (κ3) is 4.73. The van der Waals surface area contributed by atoms with Crippen LogP contribution in [-0.4, -0.2) is 36.3 Å². The molecule has 0 aliphatic rings. The Balaban J connectivity index is 1.82.